The third kappa shape index (κ3) is 7.84. The van der Waals surface area contributed by atoms with Crippen LogP contribution < -0.4 is 10.6 Å². The number of thioether (sulfide) groups is 1. The standard InChI is InChI=1S/C30H43N3O3S2/c1-20-14-15-37-27(20)29(36)31-24(19-38-23-12-6-5-7-13-23)26(34)18-33-17-22-11-9-8-10-21(22)16-25(33)28(35)32-30(2,3)4/h5-7,12-15,21-22,24-26,34H,8-11,16-19H2,1-4H3,(H,31,36)(H,32,35)/t21-,22+,24-,25-,26+/m0/s1. The smallest absolute Gasteiger partial charge is 0.261 e. The van der Waals surface area contributed by atoms with Crippen molar-refractivity contribution < 1.29 is 14.7 Å². The van der Waals surface area contributed by atoms with E-state index in [2.05, 4.69) is 15.5 Å². The first-order chi connectivity index (χ1) is 18.1. The number of aliphatic hydroxyl groups is 1. The van der Waals surface area contributed by atoms with E-state index in [1.54, 1.807) is 11.8 Å². The topological polar surface area (TPSA) is 81.7 Å². The van der Waals surface area contributed by atoms with E-state index >= 15 is 0 Å². The highest BCUT2D eigenvalue weighted by Gasteiger charge is 2.41. The molecule has 1 saturated carbocycles. The Morgan fingerprint density at radius 3 is 2.50 bits per heavy atom. The Kier molecular flexibility index (Phi) is 9.95. The minimum absolute atomic E-state index is 0.0437. The van der Waals surface area contributed by atoms with Gasteiger partial charge in [-0.05, 0) is 81.5 Å². The van der Waals surface area contributed by atoms with Crippen LogP contribution >= 0.6 is 23.1 Å². The average molecular weight is 558 g/mol. The molecule has 1 aliphatic carbocycles. The fourth-order valence-corrected chi connectivity index (χ4v) is 7.64. The third-order valence-corrected chi connectivity index (χ3v) is 9.89. The lowest BCUT2D eigenvalue weighted by Gasteiger charge is -2.47. The Morgan fingerprint density at radius 1 is 1.13 bits per heavy atom. The summed E-state index contributed by atoms with van der Waals surface area (Å²) < 4.78 is 0. The summed E-state index contributed by atoms with van der Waals surface area (Å²) in [6, 6.07) is 11.3. The summed E-state index contributed by atoms with van der Waals surface area (Å²) in [6.45, 7) is 9.14. The molecule has 38 heavy (non-hydrogen) atoms. The van der Waals surface area contributed by atoms with Crippen LogP contribution in [0.1, 0.15) is 68.1 Å². The average Bonchev–Trinajstić information content (AvgIpc) is 3.31. The van der Waals surface area contributed by atoms with Gasteiger partial charge < -0.3 is 15.7 Å². The number of thiophene rings is 1. The van der Waals surface area contributed by atoms with E-state index in [0.717, 1.165) is 23.4 Å². The summed E-state index contributed by atoms with van der Waals surface area (Å²) in [5, 5.41) is 19.8. The predicted octanol–water partition coefficient (Wildman–Crippen LogP) is 5.10. The lowest BCUT2D eigenvalue weighted by Crippen LogP contribution is -2.60. The van der Waals surface area contributed by atoms with Crippen molar-refractivity contribution in [3.05, 3.63) is 52.2 Å². The molecular weight excluding hydrogens is 514 g/mol. The van der Waals surface area contributed by atoms with Crippen molar-refractivity contribution in [3.8, 4) is 0 Å². The second-order valence-corrected chi connectivity index (χ2v) is 14.0. The lowest BCUT2D eigenvalue weighted by atomic mass is 9.72. The van der Waals surface area contributed by atoms with Gasteiger partial charge in [0.2, 0.25) is 5.91 Å². The van der Waals surface area contributed by atoms with E-state index in [9.17, 15) is 14.7 Å². The minimum Gasteiger partial charge on any atom is -0.390 e. The summed E-state index contributed by atoms with van der Waals surface area (Å²) in [4.78, 5) is 30.6. The number of fused-ring (bicyclic) bond motifs is 1. The van der Waals surface area contributed by atoms with Crippen LogP contribution in [0.25, 0.3) is 0 Å². The monoisotopic (exact) mass is 557 g/mol. The predicted molar refractivity (Wildman–Crippen MR) is 157 cm³/mol. The second-order valence-electron chi connectivity index (χ2n) is 12.0. The maximum absolute atomic E-state index is 13.4. The lowest BCUT2D eigenvalue weighted by molar-refractivity contribution is -0.132. The maximum atomic E-state index is 13.4. The molecule has 8 heteroatoms. The maximum Gasteiger partial charge on any atom is 0.261 e. The van der Waals surface area contributed by atoms with Gasteiger partial charge in [0, 0.05) is 29.3 Å². The van der Waals surface area contributed by atoms with Crippen molar-refractivity contribution in [1.29, 1.82) is 0 Å². The van der Waals surface area contributed by atoms with E-state index < -0.39 is 12.1 Å². The number of hydrogen-bond acceptors (Lipinski definition) is 6. The van der Waals surface area contributed by atoms with E-state index in [0.29, 0.717) is 29.0 Å². The number of piperidine rings is 1. The molecule has 1 aromatic heterocycles. The van der Waals surface area contributed by atoms with Crippen LogP contribution in [0, 0.1) is 18.8 Å². The second kappa shape index (κ2) is 13.0. The first kappa shape index (κ1) is 29.1. The molecule has 0 spiro atoms. The van der Waals surface area contributed by atoms with Gasteiger partial charge in [0.15, 0.2) is 0 Å². The van der Waals surface area contributed by atoms with Crippen molar-refractivity contribution >= 4 is 34.9 Å². The first-order valence-corrected chi connectivity index (χ1v) is 15.7. The molecule has 5 atom stereocenters. The van der Waals surface area contributed by atoms with Gasteiger partial charge in [-0.1, -0.05) is 37.5 Å². The zero-order valence-electron chi connectivity index (χ0n) is 23.1. The molecule has 1 aromatic carbocycles. The van der Waals surface area contributed by atoms with Crippen LogP contribution in [-0.4, -0.2) is 64.4 Å². The first-order valence-electron chi connectivity index (χ1n) is 13.9. The van der Waals surface area contributed by atoms with Crippen LogP contribution in [0.3, 0.4) is 0 Å². The number of carbonyl (C=O) groups is 2. The molecule has 208 valence electrons. The number of amides is 2. The number of nitrogens with one attached hydrogen (secondary N) is 2. The number of β-amino-alcohol motifs (C(OH)–C–C–N with tert-alkyl or cyclic N) is 1. The molecule has 0 unspecified atom stereocenters. The highest BCUT2D eigenvalue weighted by molar-refractivity contribution is 7.99. The normalized spacial score (nSPS) is 23.8. The number of benzene rings is 1. The van der Waals surface area contributed by atoms with E-state index in [-0.39, 0.29) is 23.4 Å². The number of likely N-dealkylation sites (tertiary alicyclic amines) is 1. The van der Waals surface area contributed by atoms with Gasteiger partial charge >= 0.3 is 0 Å². The molecule has 4 rings (SSSR count). The summed E-state index contributed by atoms with van der Waals surface area (Å²) >= 11 is 3.05. The quantitative estimate of drug-likeness (QED) is 0.374. The fourth-order valence-electron chi connectivity index (χ4n) is 5.79. The number of rotatable bonds is 9. The van der Waals surface area contributed by atoms with Crippen molar-refractivity contribution in [2.45, 2.75) is 88.4 Å². The van der Waals surface area contributed by atoms with Crippen molar-refractivity contribution in [1.82, 2.24) is 15.5 Å². The van der Waals surface area contributed by atoms with Crippen LogP contribution in [-0.2, 0) is 4.79 Å². The van der Waals surface area contributed by atoms with E-state index in [1.165, 1.54) is 37.0 Å². The summed E-state index contributed by atoms with van der Waals surface area (Å²) in [7, 11) is 0. The molecule has 6 nitrogen and oxygen atoms in total. The highest BCUT2D eigenvalue weighted by atomic mass is 32.2. The summed E-state index contributed by atoms with van der Waals surface area (Å²) in [6.07, 6.45) is 4.89. The Balaban J connectivity index is 1.51. The Bertz CT molecular complexity index is 1070. The Labute approximate surface area is 236 Å². The molecule has 3 N–H and O–H groups in total. The fraction of sp³-hybridized carbons (Fsp3) is 0.600. The van der Waals surface area contributed by atoms with Crippen molar-refractivity contribution in [3.63, 3.8) is 0 Å². The van der Waals surface area contributed by atoms with Crippen LogP contribution in [0.4, 0.5) is 0 Å². The van der Waals surface area contributed by atoms with Crippen LogP contribution in [0.15, 0.2) is 46.7 Å². The number of aliphatic hydroxyl groups excluding tert-OH is 1. The summed E-state index contributed by atoms with van der Waals surface area (Å²) in [5.74, 6) is 1.57. The highest BCUT2D eigenvalue weighted by Crippen LogP contribution is 2.39. The van der Waals surface area contributed by atoms with Gasteiger partial charge in [0.1, 0.15) is 0 Å². The third-order valence-electron chi connectivity index (χ3n) is 7.75. The molecule has 2 fully saturated rings. The molecule has 1 saturated heterocycles. The van der Waals surface area contributed by atoms with Gasteiger partial charge in [-0.15, -0.1) is 23.1 Å². The van der Waals surface area contributed by atoms with Gasteiger partial charge in [-0.2, -0.15) is 0 Å². The molecule has 2 aromatic rings. The molecule has 2 aliphatic rings. The molecular formula is C30H43N3O3S2. The Morgan fingerprint density at radius 2 is 1.84 bits per heavy atom. The number of aryl methyl sites for hydroxylation is 1. The summed E-state index contributed by atoms with van der Waals surface area (Å²) in [5.41, 5.74) is 0.626. The van der Waals surface area contributed by atoms with Crippen molar-refractivity contribution in [2.75, 3.05) is 18.8 Å². The van der Waals surface area contributed by atoms with Gasteiger partial charge in [-0.25, -0.2) is 0 Å². The zero-order chi connectivity index (χ0) is 27.3. The molecule has 0 bridgehead atoms. The number of nitrogens with zero attached hydrogens (tertiary/aromatic N) is 1. The van der Waals surface area contributed by atoms with Gasteiger partial charge in [-0.3, -0.25) is 14.5 Å². The molecule has 2 heterocycles. The number of carbonyl (C=O) groups excluding carboxylic acids is 2. The number of hydrogen-bond donors (Lipinski definition) is 3. The molecule has 0 radical (unpaired) electrons. The van der Waals surface area contributed by atoms with E-state index in [1.807, 2.05) is 69.5 Å². The Hall–Kier alpha value is -1.87. The molecule has 1 aliphatic heterocycles. The van der Waals surface area contributed by atoms with Gasteiger partial charge in [0.05, 0.1) is 23.1 Å². The minimum atomic E-state index is -0.805. The van der Waals surface area contributed by atoms with E-state index in [4.69, 9.17) is 0 Å². The molecule has 2 amide bonds. The van der Waals surface area contributed by atoms with Gasteiger partial charge in [0.25, 0.3) is 5.91 Å². The largest absolute Gasteiger partial charge is 0.390 e. The van der Waals surface area contributed by atoms with Crippen molar-refractivity contribution in [2.24, 2.45) is 11.8 Å². The zero-order valence-corrected chi connectivity index (χ0v) is 24.7. The SMILES string of the molecule is Cc1ccsc1C(=O)N[C@@H](CSc1ccccc1)[C@H](O)CN1C[C@H]2CCCC[C@H]2C[C@H]1C(=O)NC(C)(C)C. The van der Waals surface area contributed by atoms with Crippen LogP contribution in [0.2, 0.25) is 0 Å². The van der Waals surface area contributed by atoms with Crippen LogP contribution in [0.5, 0.6) is 0 Å².